The van der Waals surface area contributed by atoms with Crippen molar-refractivity contribution in [1.82, 2.24) is 0 Å². The lowest BCUT2D eigenvalue weighted by Crippen LogP contribution is -1.88. The van der Waals surface area contributed by atoms with Crippen molar-refractivity contribution in [3.05, 3.63) is 26.7 Å². The monoisotopic (exact) mass is 204 g/mol. The molecule has 1 aromatic carbocycles. The Morgan fingerprint density at radius 3 is 1.50 bits per heavy atom. The number of hydrogen-bond donors (Lipinski definition) is 1. The average molecular weight is 205 g/mol. The third kappa shape index (κ3) is 1.27. The van der Waals surface area contributed by atoms with Crippen molar-refractivity contribution in [2.45, 2.75) is 20.8 Å². The molecule has 0 radical (unpaired) electrons. The van der Waals surface area contributed by atoms with Gasteiger partial charge in [0.15, 0.2) is 0 Å². The van der Waals surface area contributed by atoms with E-state index in [0.29, 0.717) is 21.2 Å². The minimum absolute atomic E-state index is 0.190. The third-order valence-corrected chi connectivity index (χ3v) is 3.16. The summed E-state index contributed by atoms with van der Waals surface area (Å²) in [4.78, 5) is 0. The van der Waals surface area contributed by atoms with Crippen LogP contribution in [0.1, 0.15) is 16.7 Å². The molecule has 0 atom stereocenters. The SMILES string of the molecule is Cc1c(O)c(C)c(Cl)c(C)c1Cl. The molecule has 3 heteroatoms. The van der Waals surface area contributed by atoms with Crippen LogP contribution in [0.5, 0.6) is 5.75 Å². The van der Waals surface area contributed by atoms with Crippen LogP contribution in [0.4, 0.5) is 0 Å². The van der Waals surface area contributed by atoms with Gasteiger partial charge in [0.1, 0.15) is 5.75 Å². The zero-order valence-corrected chi connectivity index (χ0v) is 8.72. The normalized spacial score (nSPS) is 10.4. The molecule has 1 N–H and O–H groups in total. The summed E-state index contributed by atoms with van der Waals surface area (Å²) in [5.74, 6) is 0.190. The second-order valence-electron chi connectivity index (χ2n) is 2.85. The maximum atomic E-state index is 9.52. The summed E-state index contributed by atoms with van der Waals surface area (Å²) in [6, 6.07) is 0. The molecule has 0 aliphatic carbocycles. The molecule has 0 unspecified atom stereocenters. The van der Waals surface area contributed by atoms with Crippen LogP contribution in [0.25, 0.3) is 0 Å². The van der Waals surface area contributed by atoms with Crippen molar-refractivity contribution in [3.63, 3.8) is 0 Å². The fraction of sp³-hybridized carbons (Fsp3) is 0.333. The smallest absolute Gasteiger partial charge is 0.124 e. The highest BCUT2D eigenvalue weighted by atomic mass is 35.5. The first-order valence-corrected chi connectivity index (χ1v) is 4.36. The minimum Gasteiger partial charge on any atom is -0.507 e. The predicted octanol–water partition coefficient (Wildman–Crippen LogP) is 3.62. The zero-order chi connectivity index (χ0) is 9.46. The molecular formula is C9H10Cl2O. The fourth-order valence-electron chi connectivity index (χ4n) is 1.15. The second kappa shape index (κ2) is 3.15. The van der Waals surface area contributed by atoms with Crippen LogP contribution < -0.4 is 0 Å². The predicted molar refractivity (Wildman–Crippen MR) is 52.3 cm³/mol. The molecule has 1 nitrogen and oxygen atoms in total. The van der Waals surface area contributed by atoms with Crippen LogP contribution in [0.2, 0.25) is 10.0 Å². The van der Waals surface area contributed by atoms with E-state index in [9.17, 15) is 5.11 Å². The molecule has 0 bridgehead atoms. The Kier molecular flexibility index (Phi) is 2.55. The largest absolute Gasteiger partial charge is 0.507 e. The first kappa shape index (κ1) is 9.69. The summed E-state index contributed by atoms with van der Waals surface area (Å²) in [5.41, 5.74) is 2.21. The van der Waals surface area contributed by atoms with E-state index in [4.69, 9.17) is 23.2 Å². The van der Waals surface area contributed by atoms with E-state index in [1.807, 2.05) is 6.92 Å². The van der Waals surface area contributed by atoms with Gasteiger partial charge in [-0.1, -0.05) is 23.2 Å². The van der Waals surface area contributed by atoms with Crippen LogP contribution in [-0.4, -0.2) is 5.11 Å². The highest BCUT2D eigenvalue weighted by molar-refractivity contribution is 6.37. The highest BCUT2D eigenvalue weighted by Gasteiger charge is 2.13. The molecule has 12 heavy (non-hydrogen) atoms. The Morgan fingerprint density at radius 2 is 1.17 bits per heavy atom. The van der Waals surface area contributed by atoms with Gasteiger partial charge in [0.2, 0.25) is 0 Å². The van der Waals surface area contributed by atoms with Gasteiger partial charge in [0.05, 0.1) is 10.0 Å². The molecule has 0 aromatic heterocycles. The zero-order valence-electron chi connectivity index (χ0n) is 7.20. The molecule has 0 saturated heterocycles. The van der Waals surface area contributed by atoms with Crippen molar-refractivity contribution >= 4 is 23.2 Å². The van der Waals surface area contributed by atoms with Crippen LogP contribution in [0, 0.1) is 20.8 Å². The number of halogens is 2. The molecule has 66 valence electrons. The molecular weight excluding hydrogens is 195 g/mol. The number of benzene rings is 1. The van der Waals surface area contributed by atoms with Crippen molar-refractivity contribution < 1.29 is 5.11 Å². The summed E-state index contributed by atoms with van der Waals surface area (Å²) in [7, 11) is 0. The van der Waals surface area contributed by atoms with Gasteiger partial charge < -0.3 is 5.11 Å². The van der Waals surface area contributed by atoms with Gasteiger partial charge in [-0.15, -0.1) is 0 Å². The van der Waals surface area contributed by atoms with Gasteiger partial charge in [-0.25, -0.2) is 0 Å². The van der Waals surface area contributed by atoms with E-state index in [-0.39, 0.29) is 5.75 Å². The molecule has 0 aliphatic heterocycles. The van der Waals surface area contributed by atoms with E-state index in [0.717, 1.165) is 5.56 Å². The summed E-state index contributed by atoms with van der Waals surface area (Å²) in [6.07, 6.45) is 0. The molecule has 0 fully saturated rings. The van der Waals surface area contributed by atoms with Crippen LogP contribution in [-0.2, 0) is 0 Å². The van der Waals surface area contributed by atoms with E-state index in [1.54, 1.807) is 13.8 Å². The molecule has 0 spiro atoms. The van der Waals surface area contributed by atoms with Crippen molar-refractivity contribution in [2.75, 3.05) is 0 Å². The summed E-state index contributed by atoms with van der Waals surface area (Å²) in [5, 5.41) is 10.6. The summed E-state index contributed by atoms with van der Waals surface area (Å²) < 4.78 is 0. The number of phenolic OH excluding ortho intramolecular Hbond substituents is 1. The standard InChI is InChI=1S/C9H10Cl2O/c1-4-7(10)5(2)9(12)6(3)8(4)11/h12H,1-3H3. The Labute approximate surface area is 81.9 Å². The van der Waals surface area contributed by atoms with Crippen LogP contribution in [0.3, 0.4) is 0 Å². The van der Waals surface area contributed by atoms with E-state index in [1.165, 1.54) is 0 Å². The van der Waals surface area contributed by atoms with Gasteiger partial charge in [-0.05, 0) is 26.3 Å². The lowest BCUT2D eigenvalue weighted by atomic mass is 10.1. The lowest BCUT2D eigenvalue weighted by molar-refractivity contribution is 0.467. The molecule has 0 amide bonds. The fourth-order valence-corrected chi connectivity index (χ4v) is 1.56. The Bertz CT molecular complexity index is 227. The quantitative estimate of drug-likeness (QED) is 0.685. The summed E-state index contributed by atoms with van der Waals surface area (Å²) in [6.45, 7) is 5.38. The Balaban J connectivity index is 3.60. The highest BCUT2D eigenvalue weighted by Crippen LogP contribution is 2.37. The maximum Gasteiger partial charge on any atom is 0.124 e. The molecule has 0 saturated carbocycles. The topological polar surface area (TPSA) is 20.2 Å². The van der Waals surface area contributed by atoms with Gasteiger partial charge in [0.25, 0.3) is 0 Å². The van der Waals surface area contributed by atoms with E-state index < -0.39 is 0 Å². The van der Waals surface area contributed by atoms with Gasteiger partial charge in [-0.3, -0.25) is 0 Å². The molecule has 0 heterocycles. The van der Waals surface area contributed by atoms with Gasteiger partial charge in [0, 0.05) is 11.1 Å². The van der Waals surface area contributed by atoms with E-state index in [2.05, 4.69) is 0 Å². The number of rotatable bonds is 0. The first-order valence-electron chi connectivity index (χ1n) is 3.60. The van der Waals surface area contributed by atoms with Crippen molar-refractivity contribution in [1.29, 1.82) is 0 Å². The van der Waals surface area contributed by atoms with Crippen LogP contribution >= 0.6 is 23.2 Å². The Hall–Kier alpha value is -0.400. The van der Waals surface area contributed by atoms with Gasteiger partial charge in [-0.2, -0.15) is 0 Å². The first-order chi connectivity index (χ1) is 5.46. The van der Waals surface area contributed by atoms with Crippen LogP contribution in [0.15, 0.2) is 0 Å². The van der Waals surface area contributed by atoms with E-state index >= 15 is 0 Å². The summed E-state index contributed by atoms with van der Waals surface area (Å²) >= 11 is 11.8. The molecule has 1 aromatic rings. The Morgan fingerprint density at radius 1 is 0.833 bits per heavy atom. The maximum absolute atomic E-state index is 9.52. The number of aromatic hydroxyl groups is 1. The lowest BCUT2D eigenvalue weighted by Gasteiger charge is -2.10. The second-order valence-corrected chi connectivity index (χ2v) is 3.61. The van der Waals surface area contributed by atoms with Crippen molar-refractivity contribution in [2.24, 2.45) is 0 Å². The molecule has 0 aliphatic rings. The minimum atomic E-state index is 0.190. The molecule has 1 rings (SSSR count). The third-order valence-electron chi connectivity index (χ3n) is 2.03. The average Bonchev–Trinajstić information content (AvgIpc) is 2.08. The van der Waals surface area contributed by atoms with Gasteiger partial charge >= 0.3 is 0 Å². The number of hydrogen-bond acceptors (Lipinski definition) is 1. The number of phenols is 1. The van der Waals surface area contributed by atoms with Crippen molar-refractivity contribution in [3.8, 4) is 5.75 Å².